The second-order valence-electron chi connectivity index (χ2n) is 8.15. The molecule has 0 radical (unpaired) electrons. The van der Waals surface area contributed by atoms with Crippen LogP contribution in [0.15, 0.2) is 57.6 Å². The Bertz CT molecular complexity index is 1370. The number of methoxy groups -OCH3 is 2. The number of hydrogen-bond donors (Lipinski definition) is 1. The Morgan fingerprint density at radius 2 is 1.78 bits per heavy atom. The van der Waals surface area contributed by atoms with Gasteiger partial charge in [-0.1, -0.05) is 31.6 Å². The molecule has 0 aliphatic heterocycles. The minimum atomic E-state index is -4.73. The normalized spacial score (nSPS) is 12.1. The van der Waals surface area contributed by atoms with E-state index in [9.17, 15) is 26.4 Å². The highest BCUT2D eigenvalue weighted by molar-refractivity contribution is 8.06. The molecular formula is C25H30F3N3O5S. The largest absolute Gasteiger partial charge is 0.493 e. The van der Waals surface area contributed by atoms with Crippen molar-refractivity contribution in [3.05, 3.63) is 69.3 Å². The van der Waals surface area contributed by atoms with E-state index in [2.05, 4.69) is 10.7 Å². The fourth-order valence-corrected chi connectivity index (χ4v) is 4.23. The van der Waals surface area contributed by atoms with Crippen LogP contribution in [-0.2, 0) is 16.4 Å². The summed E-state index contributed by atoms with van der Waals surface area (Å²) in [5.74, 6) is 0.624. The number of nitrogens with zero attached hydrogens (tertiary/aromatic N) is 2. The van der Waals surface area contributed by atoms with Crippen molar-refractivity contribution in [2.45, 2.75) is 45.8 Å². The highest BCUT2D eigenvalue weighted by Crippen LogP contribution is 2.28. The number of sulfone groups is 1. The average molecular weight is 542 g/mol. The summed E-state index contributed by atoms with van der Waals surface area (Å²) in [5.41, 5.74) is 6.45. The van der Waals surface area contributed by atoms with Crippen molar-refractivity contribution in [2.24, 2.45) is 10.7 Å². The number of unbranched alkanes of at least 4 members (excludes halogenated alkanes) is 2. The molecule has 0 aliphatic carbocycles. The van der Waals surface area contributed by atoms with Gasteiger partial charge in [-0.2, -0.15) is 13.2 Å². The van der Waals surface area contributed by atoms with Gasteiger partial charge in [0.2, 0.25) is 15.0 Å². The third-order valence-electron chi connectivity index (χ3n) is 5.35. The molecule has 0 bridgehead atoms. The number of amidine groups is 1. The Kier molecular flexibility index (Phi) is 10.2. The van der Waals surface area contributed by atoms with Crippen LogP contribution >= 0.6 is 0 Å². The molecule has 2 rings (SSSR count). The Morgan fingerprint density at radius 3 is 2.38 bits per heavy atom. The summed E-state index contributed by atoms with van der Waals surface area (Å²) in [6, 6.07) is 7.38. The lowest BCUT2D eigenvalue weighted by Crippen LogP contribution is -2.27. The maximum absolute atomic E-state index is 13.3. The summed E-state index contributed by atoms with van der Waals surface area (Å²) in [7, 11) is -1.07. The van der Waals surface area contributed by atoms with Crippen LogP contribution in [0.25, 0.3) is 5.70 Å². The van der Waals surface area contributed by atoms with Gasteiger partial charge in [-0.3, -0.25) is 4.79 Å². The quantitative estimate of drug-likeness (QED) is 0.208. The second-order valence-corrected chi connectivity index (χ2v) is 10.2. The fourth-order valence-electron chi connectivity index (χ4n) is 3.21. The number of pyridine rings is 1. The van der Waals surface area contributed by atoms with Crippen LogP contribution in [-0.4, -0.2) is 44.3 Å². The van der Waals surface area contributed by atoms with Gasteiger partial charge in [0.15, 0.2) is 11.5 Å². The lowest BCUT2D eigenvalue weighted by molar-refractivity contribution is -0.0910. The van der Waals surface area contributed by atoms with E-state index in [1.54, 1.807) is 18.2 Å². The summed E-state index contributed by atoms with van der Waals surface area (Å²) >= 11 is 0. The Balaban J connectivity index is 2.61. The molecule has 1 aromatic heterocycles. The minimum absolute atomic E-state index is 0.0235. The standard InChI is InChI=1S/C25H30F3N3O5S/c1-5-6-7-12-37(33,34)24(29)30-20(13-17(2)25(26,27)28)19-9-11-23(32)31(16-19)15-18-8-10-21(35-3)22(14-18)36-4/h8-11,14,16H,5-7,12,15H2,1-4H3,(H2,29,30). The van der Waals surface area contributed by atoms with Crippen molar-refractivity contribution in [2.75, 3.05) is 20.0 Å². The fraction of sp³-hybridized carbons (Fsp3) is 0.400. The molecule has 1 aromatic carbocycles. The first kappa shape index (κ1) is 29.7. The van der Waals surface area contributed by atoms with Crippen molar-refractivity contribution >= 4 is 20.7 Å². The van der Waals surface area contributed by atoms with E-state index in [4.69, 9.17) is 15.2 Å². The second kappa shape index (κ2) is 12.6. The van der Waals surface area contributed by atoms with Gasteiger partial charge >= 0.3 is 6.18 Å². The third kappa shape index (κ3) is 8.26. The summed E-state index contributed by atoms with van der Waals surface area (Å²) in [4.78, 5) is 16.3. The molecule has 0 atom stereocenters. The van der Waals surface area contributed by atoms with Crippen molar-refractivity contribution in [3.8, 4) is 11.5 Å². The molecular weight excluding hydrogens is 511 g/mol. The molecule has 0 saturated carbocycles. The van der Waals surface area contributed by atoms with Crippen molar-refractivity contribution in [3.63, 3.8) is 0 Å². The Hall–Kier alpha value is -3.50. The molecule has 0 fully saturated rings. The van der Waals surface area contributed by atoms with Crippen LogP contribution in [0.4, 0.5) is 13.2 Å². The van der Waals surface area contributed by atoms with Gasteiger partial charge in [0.05, 0.1) is 32.1 Å². The number of hydrogen-bond acceptors (Lipinski definition) is 6. The third-order valence-corrected chi connectivity index (χ3v) is 6.90. The highest BCUT2D eigenvalue weighted by Gasteiger charge is 2.30. The first-order valence-electron chi connectivity index (χ1n) is 11.4. The van der Waals surface area contributed by atoms with E-state index in [-0.39, 0.29) is 17.9 Å². The summed E-state index contributed by atoms with van der Waals surface area (Å²) in [6.45, 7) is 2.71. The van der Waals surface area contributed by atoms with Crippen molar-refractivity contribution < 1.29 is 31.1 Å². The monoisotopic (exact) mass is 541 g/mol. The zero-order chi connectivity index (χ0) is 27.8. The number of allylic oxidation sites excluding steroid dienone is 1. The van der Waals surface area contributed by atoms with E-state index in [0.717, 1.165) is 19.4 Å². The summed E-state index contributed by atoms with van der Waals surface area (Å²) < 4.78 is 76.6. The molecule has 12 heteroatoms. The van der Waals surface area contributed by atoms with Crippen LogP contribution in [0.5, 0.6) is 11.5 Å². The van der Waals surface area contributed by atoms with Crippen molar-refractivity contribution in [1.82, 2.24) is 4.57 Å². The predicted molar refractivity (Wildman–Crippen MR) is 136 cm³/mol. The first-order valence-corrected chi connectivity index (χ1v) is 13.0. The van der Waals surface area contributed by atoms with E-state index < -0.39 is 38.0 Å². The number of rotatable bonds is 10. The number of aromatic nitrogens is 1. The van der Waals surface area contributed by atoms with Crippen LogP contribution in [0, 0.1) is 0 Å². The minimum Gasteiger partial charge on any atom is -0.493 e. The molecule has 0 unspecified atom stereocenters. The van der Waals surface area contributed by atoms with E-state index in [0.29, 0.717) is 29.9 Å². The maximum Gasteiger partial charge on any atom is 0.419 e. The average Bonchev–Trinajstić information content (AvgIpc) is 2.84. The predicted octanol–water partition coefficient (Wildman–Crippen LogP) is 4.28. The van der Waals surface area contributed by atoms with Crippen LogP contribution in [0.1, 0.15) is 44.2 Å². The van der Waals surface area contributed by atoms with E-state index in [1.165, 1.54) is 31.0 Å². The number of nitrogens with two attached hydrogens (primary N) is 1. The first-order chi connectivity index (χ1) is 17.3. The molecule has 37 heavy (non-hydrogen) atoms. The zero-order valence-electron chi connectivity index (χ0n) is 21.1. The van der Waals surface area contributed by atoms with Crippen molar-refractivity contribution in [1.29, 1.82) is 0 Å². The van der Waals surface area contributed by atoms with E-state index >= 15 is 0 Å². The van der Waals surface area contributed by atoms with Gasteiger partial charge in [-0.25, -0.2) is 13.4 Å². The number of alkyl halides is 3. The molecule has 2 N–H and O–H groups in total. The summed E-state index contributed by atoms with van der Waals surface area (Å²) in [6.07, 6.45) is -1.72. The molecule has 8 nitrogen and oxygen atoms in total. The van der Waals surface area contributed by atoms with Gasteiger partial charge in [0.25, 0.3) is 5.56 Å². The number of halogens is 3. The molecule has 0 amide bonds. The van der Waals surface area contributed by atoms with Gasteiger partial charge in [0, 0.05) is 17.8 Å². The molecule has 0 saturated heterocycles. The molecule has 2 aromatic rings. The van der Waals surface area contributed by atoms with Crippen LogP contribution in [0.2, 0.25) is 0 Å². The molecule has 1 heterocycles. The Morgan fingerprint density at radius 1 is 1.11 bits per heavy atom. The topological polar surface area (TPSA) is 113 Å². The van der Waals surface area contributed by atoms with Gasteiger partial charge in [-0.05, 0) is 37.1 Å². The van der Waals surface area contributed by atoms with Gasteiger partial charge in [-0.15, -0.1) is 0 Å². The van der Waals surface area contributed by atoms with Crippen LogP contribution in [0.3, 0.4) is 0 Å². The number of aliphatic imine (C=N–C) groups is 1. The lowest BCUT2D eigenvalue weighted by Gasteiger charge is -2.12. The highest BCUT2D eigenvalue weighted by atomic mass is 32.2. The molecule has 0 aliphatic rings. The van der Waals surface area contributed by atoms with E-state index in [1.807, 2.05) is 6.92 Å². The maximum atomic E-state index is 13.3. The van der Waals surface area contributed by atoms with Gasteiger partial charge in [0.1, 0.15) is 5.70 Å². The molecule has 0 spiro atoms. The lowest BCUT2D eigenvalue weighted by atomic mass is 10.1. The number of ether oxygens (including phenoxy) is 2. The SMILES string of the molecule is CCCCCS(=O)(=O)C(N)=NC(=C=C(C)C(F)(F)F)c1ccc(=O)n(Cc2ccc(OC)c(OC)c2)c1. The Labute approximate surface area is 213 Å². The summed E-state index contributed by atoms with van der Waals surface area (Å²) in [5, 5.41) is -0.821. The van der Waals surface area contributed by atoms with Gasteiger partial charge < -0.3 is 19.8 Å². The smallest absolute Gasteiger partial charge is 0.419 e. The zero-order valence-corrected chi connectivity index (χ0v) is 21.9. The number of benzene rings is 1. The molecule has 202 valence electrons. The van der Waals surface area contributed by atoms with Crippen LogP contribution < -0.4 is 20.8 Å².